The van der Waals surface area contributed by atoms with Crippen LogP contribution in [0.15, 0.2) is 42.5 Å². The summed E-state index contributed by atoms with van der Waals surface area (Å²) in [5.41, 5.74) is 6.90. The fraction of sp³-hybridized carbons (Fsp3) is 0.176. The lowest BCUT2D eigenvalue weighted by atomic mass is 10.1. The first kappa shape index (κ1) is 15.8. The van der Waals surface area contributed by atoms with E-state index >= 15 is 0 Å². The Morgan fingerprint density at radius 2 is 1.83 bits per heavy atom. The summed E-state index contributed by atoms with van der Waals surface area (Å²) < 4.78 is 0. The maximum atomic E-state index is 12.4. The molecule has 0 bridgehead atoms. The Kier molecular flexibility index (Phi) is 4.28. The highest BCUT2D eigenvalue weighted by Crippen LogP contribution is 2.50. The molecule has 0 aliphatic heterocycles. The van der Waals surface area contributed by atoms with Crippen molar-refractivity contribution in [3.8, 4) is 0 Å². The van der Waals surface area contributed by atoms with Gasteiger partial charge in [0, 0.05) is 16.5 Å². The minimum atomic E-state index is -0.572. The normalized spacial score (nSPS) is 19.2. The van der Waals surface area contributed by atoms with E-state index in [-0.39, 0.29) is 17.7 Å². The van der Waals surface area contributed by atoms with Crippen molar-refractivity contribution >= 4 is 40.7 Å². The fourth-order valence-corrected chi connectivity index (χ4v) is 3.04. The Labute approximate surface area is 143 Å². The zero-order valence-corrected chi connectivity index (χ0v) is 13.6. The molecule has 0 aromatic heterocycles. The molecule has 6 heteroatoms. The second-order valence-corrected chi connectivity index (χ2v) is 6.33. The summed E-state index contributed by atoms with van der Waals surface area (Å²) in [6, 6.07) is 12.0. The number of rotatable bonds is 4. The van der Waals surface area contributed by atoms with Gasteiger partial charge in [-0.15, -0.1) is 0 Å². The van der Waals surface area contributed by atoms with Gasteiger partial charge in [-0.1, -0.05) is 41.4 Å². The van der Waals surface area contributed by atoms with Crippen molar-refractivity contribution in [1.82, 2.24) is 0 Å². The first-order valence-corrected chi connectivity index (χ1v) is 7.87. The maximum absolute atomic E-state index is 12.4. The number of carbonyl (C=O) groups is 2. The Morgan fingerprint density at radius 3 is 2.52 bits per heavy atom. The zero-order valence-electron chi connectivity index (χ0n) is 12.1. The van der Waals surface area contributed by atoms with E-state index in [9.17, 15) is 9.59 Å². The summed E-state index contributed by atoms with van der Waals surface area (Å²) in [6.45, 7) is 0. The number of benzene rings is 2. The van der Waals surface area contributed by atoms with Crippen LogP contribution in [0.1, 0.15) is 28.3 Å². The molecule has 2 aromatic rings. The lowest BCUT2D eigenvalue weighted by Crippen LogP contribution is -2.16. The molecular formula is C17H14Cl2N2O2. The summed E-state index contributed by atoms with van der Waals surface area (Å²) in [7, 11) is 0. The summed E-state index contributed by atoms with van der Waals surface area (Å²) >= 11 is 12.2. The number of hydrogen-bond donors (Lipinski definition) is 2. The molecule has 118 valence electrons. The van der Waals surface area contributed by atoms with Gasteiger partial charge in [-0.2, -0.15) is 0 Å². The first-order chi connectivity index (χ1) is 11.0. The van der Waals surface area contributed by atoms with Crippen LogP contribution in [0.5, 0.6) is 0 Å². The molecule has 0 spiro atoms. The molecular weight excluding hydrogens is 335 g/mol. The van der Waals surface area contributed by atoms with Crippen LogP contribution >= 0.6 is 23.2 Å². The first-order valence-electron chi connectivity index (χ1n) is 7.12. The number of primary amides is 1. The summed E-state index contributed by atoms with van der Waals surface area (Å²) in [5, 5.41) is 3.79. The van der Waals surface area contributed by atoms with Crippen LogP contribution in [0.3, 0.4) is 0 Å². The molecule has 2 atom stereocenters. The van der Waals surface area contributed by atoms with Crippen LogP contribution in [0, 0.1) is 5.92 Å². The molecule has 2 unspecified atom stereocenters. The maximum Gasteiger partial charge on any atom is 0.248 e. The highest BCUT2D eigenvalue weighted by Gasteiger charge is 2.44. The molecule has 4 nitrogen and oxygen atoms in total. The van der Waals surface area contributed by atoms with E-state index in [4.69, 9.17) is 28.9 Å². The van der Waals surface area contributed by atoms with Crippen molar-refractivity contribution in [2.24, 2.45) is 11.7 Å². The highest BCUT2D eigenvalue weighted by atomic mass is 35.5. The van der Waals surface area contributed by atoms with Crippen molar-refractivity contribution in [3.05, 3.63) is 63.6 Å². The lowest BCUT2D eigenvalue weighted by molar-refractivity contribution is -0.117. The number of hydrogen-bond acceptors (Lipinski definition) is 2. The zero-order chi connectivity index (χ0) is 16.6. The van der Waals surface area contributed by atoms with Gasteiger partial charge in [-0.05, 0) is 42.2 Å². The summed E-state index contributed by atoms with van der Waals surface area (Å²) in [6.07, 6.45) is 0.739. The molecule has 0 heterocycles. The standard InChI is InChI=1S/C17H14Cl2N2O2/c18-13-4-2-1-3-10(13)11-8-12(11)17(23)21-15-7-9(16(20)22)5-6-14(15)19/h1-7,11-12H,8H2,(H2,20,22)(H,21,23). The van der Waals surface area contributed by atoms with Crippen LogP contribution in [0.2, 0.25) is 10.0 Å². The van der Waals surface area contributed by atoms with Gasteiger partial charge in [0.05, 0.1) is 10.7 Å². The SMILES string of the molecule is NC(=O)c1ccc(Cl)c(NC(=O)C2CC2c2ccccc2Cl)c1. The van der Waals surface area contributed by atoms with E-state index in [1.165, 1.54) is 18.2 Å². The molecule has 2 aromatic carbocycles. The topological polar surface area (TPSA) is 72.2 Å². The Hall–Kier alpha value is -2.04. The van der Waals surface area contributed by atoms with Crippen LogP contribution in [-0.2, 0) is 4.79 Å². The number of anilines is 1. The third-order valence-electron chi connectivity index (χ3n) is 3.94. The number of nitrogens with one attached hydrogen (secondary N) is 1. The minimum absolute atomic E-state index is 0.113. The monoisotopic (exact) mass is 348 g/mol. The van der Waals surface area contributed by atoms with Crippen LogP contribution in [0.25, 0.3) is 0 Å². The third kappa shape index (κ3) is 3.33. The van der Waals surface area contributed by atoms with E-state index in [1.54, 1.807) is 0 Å². The molecule has 1 aliphatic rings. The van der Waals surface area contributed by atoms with Gasteiger partial charge in [0.15, 0.2) is 0 Å². The highest BCUT2D eigenvalue weighted by molar-refractivity contribution is 6.34. The Bertz CT molecular complexity index is 792. The number of nitrogens with two attached hydrogens (primary N) is 1. The van der Waals surface area contributed by atoms with Gasteiger partial charge in [0.1, 0.15) is 0 Å². The van der Waals surface area contributed by atoms with Gasteiger partial charge in [0.25, 0.3) is 0 Å². The fourth-order valence-electron chi connectivity index (χ4n) is 2.60. The van der Waals surface area contributed by atoms with Gasteiger partial charge >= 0.3 is 0 Å². The molecule has 23 heavy (non-hydrogen) atoms. The predicted molar refractivity (Wildman–Crippen MR) is 90.9 cm³/mol. The van der Waals surface area contributed by atoms with Crippen molar-refractivity contribution in [1.29, 1.82) is 0 Å². The van der Waals surface area contributed by atoms with Gasteiger partial charge < -0.3 is 11.1 Å². The van der Waals surface area contributed by atoms with E-state index in [1.807, 2.05) is 24.3 Å². The molecule has 1 aliphatic carbocycles. The van der Waals surface area contributed by atoms with Crippen molar-refractivity contribution < 1.29 is 9.59 Å². The van der Waals surface area contributed by atoms with E-state index < -0.39 is 5.91 Å². The molecule has 1 saturated carbocycles. The van der Waals surface area contributed by atoms with Gasteiger partial charge in [-0.25, -0.2) is 0 Å². The third-order valence-corrected chi connectivity index (χ3v) is 4.61. The second kappa shape index (κ2) is 6.22. The van der Waals surface area contributed by atoms with Crippen LogP contribution < -0.4 is 11.1 Å². The lowest BCUT2D eigenvalue weighted by Gasteiger charge is -2.09. The minimum Gasteiger partial charge on any atom is -0.366 e. The van der Waals surface area contributed by atoms with Gasteiger partial charge in [-0.3, -0.25) is 9.59 Å². The Balaban J connectivity index is 1.73. The summed E-state index contributed by atoms with van der Waals surface area (Å²) in [4.78, 5) is 23.6. The van der Waals surface area contributed by atoms with Crippen LogP contribution in [0.4, 0.5) is 5.69 Å². The molecule has 2 amide bonds. The van der Waals surface area contributed by atoms with Crippen molar-refractivity contribution in [2.45, 2.75) is 12.3 Å². The number of halogens is 2. The average molecular weight is 349 g/mol. The van der Waals surface area contributed by atoms with Crippen molar-refractivity contribution in [3.63, 3.8) is 0 Å². The van der Waals surface area contributed by atoms with Gasteiger partial charge in [0.2, 0.25) is 11.8 Å². The molecule has 3 rings (SSSR count). The van der Waals surface area contributed by atoms with Crippen LogP contribution in [-0.4, -0.2) is 11.8 Å². The Morgan fingerprint density at radius 1 is 1.09 bits per heavy atom. The quantitative estimate of drug-likeness (QED) is 0.880. The number of amides is 2. The molecule has 0 radical (unpaired) electrons. The molecule has 3 N–H and O–H groups in total. The average Bonchev–Trinajstić information content (AvgIpc) is 3.30. The molecule has 0 saturated heterocycles. The second-order valence-electron chi connectivity index (χ2n) is 5.52. The van der Waals surface area contributed by atoms with E-state index in [2.05, 4.69) is 5.32 Å². The largest absolute Gasteiger partial charge is 0.366 e. The van der Waals surface area contributed by atoms with E-state index in [0.29, 0.717) is 21.3 Å². The molecule has 1 fully saturated rings. The van der Waals surface area contributed by atoms with E-state index in [0.717, 1.165) is 12.0 Å². The number of carbonyl (C=O) groups excluding carboxylic acids is 2. The summed E-state index contributed by atoms with van der Waals surface area (Å²) in [5.74, 6) is -0.749. The predicted octanol–water partition coefficient (Wildman–Crippen LogP) is 3.83. The smallest absolute Gasteiger partial charge is 0.248 e. The van der Waals surface area contributed by atoms with Crippen molar-refractivity contribution in [2.75, 3.05) is 5.32 Å².